The number of hydrogen-bond donors (Lipinski definition) is 1. The van der Waals surface area contributed by atoms with Crippen molar-refractivity contribution < 1.29 is 22.7 Å². The molecule has 0 bridgehead atoms. The summed E-state index contributed by atoms with van der Waals surface area (Å²) in [5.41, 5.74) is -0.0855. The van der Waals surface area contributed by atoms with Crippen molar-refractivity contribution >= 4 is 5.91 Å². The Balaban J connectivity index is 2.05. The van der Waals surface area contributed by atoms with Gasteiger partial charge in [-0.2, -0.15) is 18.3 Å². The normalized spacial score (nSPS) is 12.9. The first kappa shape index (κ1) is 17.0. The molecule has 0 aliphatic rings. The zero-order chi connectivity index (χ0) is 17.0. The van der Waals surface area contributed by atoms with Crippen molar-refractivity contribution in [1.82, 2.24) is 15.1 Å². The summed E-state index contributed by atoms with van der Waals surface area (Å²) in [5.74, 6) is -0.437. The van der Waals surface area contributed by atoms with E-state index in [2.05, 4.69) is 10.4 Å². The minimum absolute atomic E-state index is 0.0783. The number of alkyl halides is 3. The van der Waals surface area contributed by atoms with Gasteiger partial charge < -0.3 is 10.1 Å². The zero-order valence-corrected chi connectivity index (χ0v) is 12.6. The molecule has 0 spiro atoms. The molecule has 0 radical (unpaired) electrons. The number of carbonyl (C=O) groups excluding carboxylic acids is 1. The van der Waals surface area contributed by atoms with Gasteiger partial charge in [-0.3, -0.25) is 9.48 Å². The van der Waals surface area contributed by atoms with Crippen molar-refractivity contribution in [2.75, 3.05) is 7.11 Å². The third-order valence-corrected chi connectivity index (χ3v) is 3.29. The van der Waals surface area contributed by atoms with Gasteiger partial charge in [0.2, 0.25) is 0 Å². The van der Waals surface area contributed by atoms with Crippen LogP contribution in [-0.4, -0.2) is 22.8 Å². The molecule has 2 rings (SSSR count). The van der Waals surface area contributed by atoms with Crippen LogP contribution in [0.4, 0.5) is 13.2 Å². The predicted octanol–water partition coefficient (Wildman–Crippen LogP) is 2.44. The third-order valence-electron chi connectivity index (χ3n) is 3.29. The Labute approximate surface area is 131 Å². The quantitative estimate of drug-likeness (QED) is 0.918. The van der Waals surface area contributed by atoms with Gasteiger partial charge in [0.15, 0.2) is 11.8 Å². The molecule has 0 unspecified atom stereocenters. The lowest BCUT2D eigenvalue weighted by Crippen LogP contribution is -2.30. The van der Waals surface area contributed by atoms with Gasteiger partial charge in [0, 0.05) is 14.2 Å². The number of hydrogen-bond acceptors (Lipinski definition) is 3. The molecule has 124 valence electrons. The summed E-state index contributed by atoms with van der Waals surface area (Å²) >= 11 is 0. The molecule has 0 aliphatic heterocycles. The summed E-state index contributed by atoms with van der Waals surface area (Å²) in [6, 6.07) is 9.73. The van der Waals surface area contributed by atoms with E-state index in [0.29, 0.717) is 5.56 Å². The number of carbonyl (C=O) groups is 1. The summed E-state index contributed by atoms with van der Waals surface area (Å²) in [6.07, 6.45) is -5.34. The summed E-state index contributed by atoms with van der Waals surface area (Å²) < 4.78 is 44.1. The molecule has 2 aromatic rings. The Bertz CT molecular complexity index is 668. The summed E-state index contributed by atoms with van der Waals surface area (Å²) in [5, 5.41) is 5.95. The number of methoxy groups -OCH3 is 1. The Kier molecular flexibility index (Phi) is 5.05. The van der Waals surface area contributed by atoms with E-state index in [9.17, 15) is 18.0 Å². The van der Waals surface area contributed by atoms with Crippen molar-refractivity contribution in [1.29, 1.82) is 0 Å². The molecule has 1 aromatic carbocycles. The minimum Gasteiger partial charge on any atom is -0.367 e. The number of rotatable bonds is 5. The van der Waals surface area contributed by atoms with Crippen molar-refractivity contribution in [3.05, 3.63) is 53.3 Å². The monoisotopic (exact) mass is 327 g/mol. The van der Waals surface area contributed by atoms with Crippen LogP contribution in [0.1, 0.15) is 23.1 Å². The molecule has 8 heteroatoms. The van der Waals surface area contributed by atoms with Gasteiger partial charge in [-0.15, -0.1) is 0 Å². The fraction of sp³-hybridized carbons (Fsp3) is 0.333. The number of benzene rings is 1. The molecule has 1 N–H and O–H groups in total. The topological polar surface area (TPSA) is 56.1 Å². The summed E-state index contributed by atoms with van der Waals surface area (Å²) in [4.78, 5) is 12.2. The number of aromatic nitrogens is 2. The van der Waals surface area contributed by atoms with E-state index in [1.54, 1.807) is 24.3 Å². The van der Waals surface area contributed by atoms with Gasteiger partial charge in [-0.25, -0.2) is 0 Å². The summed E-state index contributed by atoms with van der Waals surface area (Å²) in [7, 11) is 2.78. The van der Waals surface area contributed by atoms with Crippen molar-refractivity contribution in [2.45, 2.75) is 18.8 Å². The lowest BCUT2D eigenvalue weighted by molar-refractivity contribution is -0.141. The third kappa shape index (κ3) is 4.10. The van der Waals surface area contributed by atoms with E-state index in [1.807, 2.05) is 6.07 Å². The van der Waals surface area contributed by atoms with Crippen LogP contribution >= 0.6 is 0 Å². The molecular formula is C15H16F3N3O2. The van der Waals surface area contributed by atoms with Gasteiger partial charge in [0.1, 0.15) is 0 Å². The highest BCUT2D eigenvalue weighted by molar-refractivity contribution is 5.82. The molecule has 0 saturated heterocycles. The molecule has 1 amide bonds. The van der Waals surface area contributed by atoms with Gasteiger partial charge in [0.05, 0.1) is 12.2 Å². The Morgan fingerprint density at radius 2 is 2.00 bits per heavy atom. The SMILES string of the molecule is CO[C@@H](C(=O)NCc1cc(C(F)(F)F)nn1C)c1ccccc1. The highest BCUT2D eigenvalue weighted by atomic mass is 19.4. The van der Waals surface area contributed by atoms with Crippen LogP contribution < -0.4 is 5.32 Å². The molecule has 0 aliphatic carbocycles. The van der Waals surface area contributed by atoms with E-state index in [4.69, 9.17) is 4.74 Å². The first-order chi connectivity index (χ1) is 10.8. The molecule has 0 fully saturated rings. The lowest BCUT2D eigenvalue weighted by atomic mass is 10.1. The maximum absolute atomic E-state index is 12.6. The summed E-state index contributed by atoms with van der Waals surface area (Å²) in [6.45, 7) is -0.0783. The molecule has 1 aromatic heterocycles. The van der Waals surface area contributed by atoms with E-state index in [1.165, 1.54) is 14.2 Å². The van der Waals surface area contributed by atoms with Gasteiger partial charge >= 0.3 is 6.18 Å². The maximum Gasteiger partial charge on any atom is 0.435 e. The second-order valence-electron chi connectivity index (χ2n) is 4.89. The Morgan fingerprint density at radius 3 is 2.52 bits per heavy atom. The van der Waals surface area contributed by atoms with E-state index in [0.717, 1.165) is 10.7 Å². The van der Waals surface area contributed by atoms with E-state index in [-0.39, 0.29) is 12.2 Å². The average molecular weight is 327 g/mol. The van der Waals surface area contributed by atoms with Gasteiger partial charge in [0.25, 0.3) is 5.91 Å². The molecule has 1 heterocycles. The number of halogens is 3. The number of amides is 1. The highest BCUT2D eigenvalue weighted by Crippen LogP contribution is 2.28. The first-order valence-corrected chi connectivity index (χ1v) is 6.78. The fourth-order valence-electron chi connectivity index (χ4n) is 2.10. The van der Waals surface area contributed by atoms with Crippen LogP contribution in [0.15, 0.2) is 36.4 Å². The molecule has 5 nitrogen and oxygen atoms in total. The molecule has 1 atom stereocenters. The standard InChI is InChI=1S/C15H16F3N3O2/c1-21-11(8-12(20-21)15(16,17)18)9-19-14(22)13(23-2)10-6-4-3-5-7-10/h3-8,13H,9H2,1-2H3,(H,19,22)/t13-/m1/s1. The highest BCUT2D eigenvalue weighted by Gasteiger charge is 2.34. The Hall–Kier alpha value is -2.35. The van der Waals surface area contributed by atoms with Crippen LogP contribution in [0, 0.1) is 0 Å². The molecule has 23 heavy (non-hydrogen) atoms. The largest absolute Gasteiger partial charge is 0.435 e. The lowest BCUT2D eigenvalue weighted by Gasteiger charge is -2.15. The van der Waals surface area contributed by atoms with Gasteiger partial charge in [-0.05, 0) is 11.6 Å². The minimum atomic E-state index is -4.51. The van der Waals surface area contributed by atoms with Crippen molar-refractivity contribution in [3.63, 3.8) is 0 Å². The second-order valence-corrected chi connectivity index (χ2v) is 4.89. The number of aryl methyl sites for hydroxylation is 1. The second kappa shape index (κ2) is 6.82. The first-order valence-electron chi connectivity index (χ1n) is 6.78. The number of nitrogens with zero attached hydrogens (tertiary/aromatic N) is 2. The zero-order valence-electron chi connectivity index (χ0n) is 12.6. The van der Waals surface area contributed by atoms with E-state index < -0.39 is 23.9 Å². The number of ether oxygens (including phenoxy) is 1. The average Bonchev–Trinajstić information content (AvgIpc) is 2.88. The molecular weight excluding hydrogens is 311 g/mol. The van der Waals surface area contributed by atoms with Crippen molar-refractivity contribution in [3.8, 4) is 0 Å². The number of nitrogens with one attached hydrogen (secondary N) is 1. The van der Waals surface area contributed by atoms with Crippen LogP contribution in [-0.2, 0) is 29.3 Å². The smallest absolute Gasteiger partial charge is 0.367 e. The van der Waals surface area contributed by atoms with E-state index >= 15 is 0 Å². The van der Waals surface area contributed by atoms with Gasteiger partial charge in [-0.1, -0.05) is 30.3 Å². The van der Waals surface area contributed by atoms with Crippen LogP contribution in [0.2, 0.25) is 0 Å². The predicted molar refractivity (Wildman–Crippen MR) is 76.2 cm³/mol. The molecule has 0 saturated carbocycles. The van der Waals surface area contributed by atoms with Crippen LogP contribution in [0.25, 0.3) is 0 Å². The fourth-order valence-corrected chi connectivity index (χ4v) is 2.10. The Morgan fingerprint density at radius 1 is 1.35 bits per heavy atom. The van der Waals surface area contributed by atoms with Crippen LogP contribution in [0.3, 0.4) is 0 Å². The van der Waals surface area contributed by atoms with Crippen molar-refractivity contribution in [2.24, 2.45) is 7.05 Å². The van der Waals surface area contributed by atoms with Crippen LogP contribution in [0.5, 0.6) is 0 Å². The maximum atomic E-state index is 12.6.